The van der Waals surface area contributed by atoms with Gasteiger partial charge in [-0.25, -0.2) is 4.79 Å². The molecule has 1 fully saturated rings. The van der Waals surface area contributed by atoms with Crippen molar-refractivity contribution >= 4 is 6.09 Å². The summed E-state index contributed by atoms with van der Waals surface area (Å²) in [6, 6.07) is 0. The lowest BCUT2D eigenvalue weighted by Crippen LogP contribution is -2.34. The molecule has 1 rings (SSSR count). The first-order valence-electron chi connectivity index (χ1n) is 6.09. The summed E-state index contributed by atoms with van der Waals surface area (Å²) in [5.41, 5.74) is 0. The van der Waals surface area contributed by atoms with Crippen molar-refractivity contribution in [1.82, 2.24) is 4.90 Å². The monoisotopic (exact) mass is 213 g/mol. The van der Waals surface area contributed by atoms with Gasteiger partial charge in [-0.3, -0.25) is 0 Å². The molecule has 1 heterocycles. The van der Waals surface area contributed by atoms with Gasteiger partial charge in [0, 0.05) is 13.1 Å². The van der Waals surface area contributed by atoms with E-state index < -0.39 is 0 Å². The Balaban J connectivity index is 2.39. The minimum Gasteiger partial charge on any atom is -0.447 e. The Morgan fingerprint density at radius 1 is 1.40 bits per heavy atom. The lowest BCUT2D eigenvalue weighted by atomic mass is 9.98. The summed E-state index contributed by atoms with van der Waals surface area (Å²) >= 11 is 0. The molecule has 1 atom stereocenters. The number of likely N-dealkylation sites (tertiary alicyclic amines) is 1. The fourth-order valence-electron chi connectivity index (χ4n) is 2.03. The zero-order valence-corrected chi connectivity index (χ0v) is 10.2. The Bertz CT molecular complexity index is 204. The number of rotatable bonds is 2. The average molecular weight is 213 g/mol. The predicted molar refractivity (Wildman–Crippen MR) is 60.8 cm³/mol. The summed E-state index contributed by atoms with van der Waals surface area (Å²) in [4.78, 5) is 13.5. The summed E-state index contributed by atoms with van der Waals surface area (Å²) in [5, 5.41) is 0. The molecule has 15 heavy (non-hydrogen) atoms. The Labute approximate surface area is 92.8 Å². The molecule has 0 bridgehead atoms. The predicted octanol–water partition coefficient (Wildman–Crippen LogP) is 3.04. The average Bonchev–Trinajstić information content (AvgIpc) is 2.41. The minimum atomic E-state index is -0.137. The largest absolute Gasteiger partial charge is 0.447 e. The first-order chi connectivity index (χ1) is 7.13. The smallest absolute Gasteiger partial charge is 0.410 e. The molecule has 3 nitrogen and oxygen atoms in total. The second kappa shape index (κ2) is 5.99. The van der Waals surface area contributed by atoms with Crippen LogP contribution in [0.3, 0.4) is 0 Å². The highest BCUT2D eigenvalue weighted by molar-refractivity contribution is 5.67. The van der Waals surface area contributed by atoms with Gasteiger partial charge in [-0.15, -0.1) is 0 Å². The molecule has 0 aromatic rings. The second-order valence-electron chi connectivity index (χ2n) is 4.62. The fourth-order valence-corrected chi connectivity index (χ4v) is 2.03. The zero-order valence-electron chi connectivity index (χ0n) is 10.2. The topological polar surface area (TPSA) is 29.5 Å². The van der Waals surface area contributed by atoms with Crippen molar-refractivity contribution in [1.29, 1.82) is 0 Å². The van der Waals surface area contributed by atoms with E-state index >= 15 is 0 Å². The number of carbonyl (C=O) groups is 1. The van der Waals surface area contributed by atoms with Gasteiger partial charge in [-0.2, -0.15) is 0 Å². The van der Waals surface area contributed by atoms with Crippen LogP contribution < -0.4 is 0 Å². The van der Waals surface area contributed by atoms with E-state index in [1.165, 1.54) is 12.8 Å². The van der Waals surface area contributed by atoms with E-state index in [0.717, 1.165) is 31.8 Å². The number of nitrogens with zero attached hydrogens (tertiary/aromatic N) is 1. The molecule has 0 aromatic heterocycles. The van der Waals surface area contributed by atoms with Gasteiger partial charge in [0.05, 0.1) is 6.10 Å². The van der Waals surface area contributed by atoms with Crippen molar-refractivity contribution in [3.63, 3.8) is 0 Å². The third-order valence-electron chi connectivity index (χ3n) is 3.02. The van der Waals surface area contributed by atoms with Crippen molar-refractivity contribution in [2.24, 2.45) is 5.92 Å². The zero-order chi connectivity index (χ0) is 11.3. The number of hydrogen-bond acceptors (Lipinski definition) is 2. The molecule has 1 amide bonds. The molecule has 1 aliphatic heterocycles. The van der Waals surface area contributed by atoms with Crippen LogP contribution in [-0.4, -0.2) is 30.2 Å². The molecular weight excluding hydrogens is 190 g/mol. The van der Waals surface area contributed by atoms with Crippen LogP contribution in [0.5, 0.6) is 0 Å². The molecule has 0 spiro atoms. The Kier molecular flexibility index (Phi) is 4.92. The highest BCUT2D eigenvalue weighted by atomic mass is 16.6. The van der Waals surface area contributed by atoms with Crippen LogP contribution in [0.15, 0.2) is 0 Å². The summed E-state index contributed by atoms with van der Waals surface area (Å²) in [6.45, 7) is 7.74. The molecule has 1 unspecified atom stereocenters. The molecule has 1 saturated heterocycles. The van der Waals surface area contributed by atoms with Crippen molar-refractivity contribution in [2.45, 2.75) is 52.6 Å². The maximum atomic E-state index is 11.7. The summed E-state index contributed by atoms with van der Waals surface area (Å²) in [7, 11) is 0. The van der Waals surface area contributed by atoms with Gasteiger partial charge in [0.2, 0.25) is 0 Å². The van der Waals surface area contributed by atoms with E-state index in [4.69, 9.17) is 4.74 Å². The Morgan fingerprint density at radius 2 is 2.13 bits per heavy atom. The highest BCUT2D eigenvalue weighted by Gasteiger charge is 2.21. The van der Waals surface area contributed by atoms with Crippen LogP contribution in [0, 0.1) is 5.92 Å². The standard InChI is InChI=1S/C12H23NO2/c1-4-11-6-5-8-13(9-7-11)12(14)15-10(2)3/h10-11H,4-9H2,1-3H3. The third-order valence-corrected chi connectivity index (χ3v) is 3.02. The first-order valence-corrected chi connectivity index (χ1v) is 6.09. The molecule has 1 aliphatic rings. The third kappa shape index (κ3) is 4.10. The molecule has 0 saturated carbocycles. The summed E-state index contributed by atoms with van der Waals surface area (Å²) < 4.78 is 5.20. The van der Waals surface area contributed by atoms with Gasteiger partial charge in [0.1, 0.15) is 0 Å². The van der Waals surface area contributed by atoms with Gasteiger partial charge < -0.3 is 9.64 Å². The molecule has 0 radical (unpaired) electrons. The van der Waals surface area contributed by atoms with Crippen molar-refractivity contribution in [3.05, 3.63) is 0 Å². The minimum absolute atomic E-state index is 0.0114. The molecule has 0 N–H and O–H groups in total. The quantitative estimate of drug-likeness (QED) is 0.705. The van der Waals surface area contributed by atoms with Gasteiger partial charge in [0.25, 0.3) is 0 Å². The SMILES string of the molecule is CCC1CCCN(C(=O)OC(C)C)CC1. The van der Waals surface area contributed by atoms with Gasteiger partial charge in [0.15, 0.2) is 0 Å². The van der Waals surface area contributed by atoms with Gasteiger partial charge in [-0.1, -0.05) is 13.3 Å². The van der Waals surface area contributed by atoms with Crippen LogP contribution in [0.1, 0.15) is 46.5 Å². The summed E-state index contributed by atoms with van der Waals surface area (Å²) in [5.74, 6) is 0.793. The van der Waals surface area contributed by atoms with Crippen LogP contribution in [0.2, 0.25) is 0 Å². The lowest BCUT2D eigenvalue weighted by molar-refractivity contribution is 0.0775. The van der Waals surface area contributed by atoms with E-state index in [9.17, 15) is 4.79 Å². The number of amides is 1. The van der Waals surface area contributed by atoms with E-state index in [1.54, 1.807) is 0 Å². The van der Waals surface area contributed by atoms with E-state index in [2.05, 4.69) is 6.92 Å². The van der Waals surface area contributed by atoms with E-state index in [-0.39, 0.29) is 12.2 Å². The van der Waals surface area contributed by atoms with Crippen LogP contribution in [0.4, 0.5) is 4.79 Å². The van der Waals surface area contributed by atoms with Crippen LogP contribution in [-0.2, 0) is 4.74 Å². The lowest BCUT2D eigenvalue weighted by Gasteiger charge is -2.21. The van der Waals surface area contributed by atoms with Crippen LogP contribution >= 0.6 is 0 Å². The van der Waals surface area contributed by atoms with Gasteiger partial charge in [-0.05, 0) is 39.0 Å². The Hall–Kier alpha value is -0.730. The normalized spacial score (nSPS) is 22.7. The second-order valence-corrected chi connectivity index (χ2v) is 4.62. The van der Waals surface area contributed by atoms with Crippen molar-refractivity contribution in [3.8, 4) is 0 Å². The first kappa shape index (κ1) is 12.3. The number of hydrogen-bond donors (Lipinski definition) is 0. The molecule has 0 aromatic carbocycles. The molecule has 88 valence electrons. The van der Waals surface area contributed by atoms with Crippen LogP contribution in [0.25, 0.3) is 0 Å². The molecule has 0 aliphatic carbocycles. The van der Waals surface area contributed by atoms with Gasteiger partial charge >= 0.3 is 6.09 Å². The maximum absolute atomic E-state index is 11.7. The maximum Gasteiger partial charge on any atom is 0.410 e. The Morgan fingerprint density at radius 3 is 2.73 bits per heavy atom. The number of ether oxygens (including phenoxy) is 1. The summed E-state index contributed by atoms with van der Waals surface area (Å²) in [6.07, 6.45) is 4.58. The fraction of sp³-hybridized carbons (Fsp3) is 0.917. The molecule has 3 heteroatoms. The van der Waals surface area contributed by atoms with E-state index in [1.807, 2.05) is 18.7 Å². The molecular formula is C12H23NO2. The van der Waals surface area contributed by atoms with E-state index in [0.29, 0.717) is 0 Å². The highest BCUT2D eigenvalue weighted by Crippen LogP contribution is 2.20. The number of carbonyl (C=O) groups excluding carboxylic acids is 1. The van der Waals surface area contributed by atoms with Crippen molar-refractivity contribution in [2.75, 3.05) is 13.1 Å². The van der Waals surface area contributed by atoms with Crippen molar-refractivity contribution < 1.29 is 9.53 Å².